The van der Waals surface area contributed by atoms with E-state index in [1.54, 1.807) is 0 Å². The first-order valence-electron chi connectivity index (χ1n) is 6.88. The summed E-state index contributed by atoms with van der Waals surface area (Å²) in [5, 5.41) is 11.3. The van der Waals surface area contributed by atoms with Crippen LogP contribution < -0.4 is 5.32 Å². The summed E-state index contributed by atoms with van der Waals surface area (Å²) >= 11 is 0. The van der Waals surface area contributed by atoms with Crippen LogP contribution in [0.1, 0.15) is 37.7 Å². The highest BCUT2D eigenvalue weighted by Crippen LogP contribution is 2.03. The van der Waals surface area contributed by atoms with E-state index >= 15 is 0 Å². The van der Waals surface area contributed by atoms with Crippen LogP contribution in [0.3, 0.4) is 0 Å². The standard InChI is InChI=1S/C16H21NO3/c18-15(17-13-7-6-12-16(19)20)11-5-4-10-14-8-2-1-3-9-14/h1-4,8-10H,5-7,11-13H2,(H,17,18)(H,19,20)/b10-4+. The number of hydrogen-bond acceptors (Lipinski definition) is 2. The van der Waals surface area contributed by atoms with E-state index in [9.17, 15) is 9.59 Å². The van der Waals surface area contributed by atoms with E-state index < -0.39 is 5.97 Å². The summed E-state index contributed by atoms with van der Waals surface area (Å²) in [5.74, 6) is -0.777. The summed E-state index contributed by atoms with van der Waals surface area (Å²) in [6.07, 6.45) is 6.62. The molecule has 1 rings (SSSR count). The summed E-state index contributed by atoms with van der Waals surface area (Å²) in [7, 11) is 0. The van der Waals surface area contributed by atoms with Gasteiger partial charge in [-0.25, -0.2) is 0 Å². The van der Waals surface area contributed by atoms with Crippen molar-refractivity contribution in [2.75, 3.05) is 6.54 Å². The van der Waals surface area contributed by atoms with E-state index in [0.29, 0.717) is 32.2 Å². The molecule has 0 radical (unpaired) electrons. The molecule has 0 aliphatic carbocycles. The molecule has 2 N–H and O–H groups in total. The quantitative estimate of drug-likeness (QED) is 0.681. The van der Waals surface area contributed by atoms with Crippen LogP contribution in [0.4, 0.5) is 0 Å². The lowest BCUT2D eigenvalue weighted by Gasteiger charge is -2.03. The van der Waals surface area contributed by atoms with Gasteiger partial charge in [0.05, 0.1) is 0 Å². The number of aliphatic carboxylic acids is 1. The fraction of sp³-hybridized carbons (Fsp3) is 0.375. The molecular formula is C16H21NO3. The van der Waals surface area contributed by atoms with Gasteiger partial charge in [-0.15, -0.1) is 0 Å². The van der Waals surface area contributed by atoms with Crippen LogP contribution in [0.15, 0.2) is 36.4 Å². The summed E-state index contributed by atoms with van der Waals surface area (Å²) < 4.78 is 0. The summed E-state index contributed by atoms with van der Waals surface area (Å²) in [5.41, 5.74) is 1.13. The lowest BCUT2D eigenvalue weighted by molar-refractivity contribution is -0.137. The van der Waals surface area contributed by atoms with Crippen molar-refractivity contribution >= 4 is 18.0 Å². The highest BCUT2D eigenvalue weighted by Gasteiger charge is 2.00. The van der Waals surface area contributed by atoms with Crippen LogP contribution in [0.2, 0.25) is 0 Å². The minimum Gasteiger partial charge on any atom is -0.481 e. The van der Waals surface area contributed by atoms with Crippen molar-refractivity contribution in [3.8, 4) is 0 Å². The molecule has 0 heterocycles. The van der Waals surface area contributed by atoms with Crippen LogP contribution in [0, 0.1) is 0 Å². The fourth-order valence-corrected chi connectivity index (χ4v) is 1.72. The Morgan fingerprint density at radius 1 is 1.10 bits per heavy atom. The van der Waals surface area contributed by atoms with Crippen LogP contribution in [0.5, 0.6) is 0 Å². The number of hydrogen-bond donors (Lipinski definition) is 2. The van der Waals surface area contributed by atoms with Crippen molar-refractivity contribution in [1.29, 1.82) is 0 Å². The molecule has 0 aromatic heterocycles. The van der Waals surface area contributed by atoms with E-state index in [1.807, 2.05) is 42.5 Å². The first kappa shape index (κ1) is 16.0. The van der Waals surface area contributed by atoms with Crippen LogP contribution in [-0.4, -0.2) is 23.5 Å². The first-order chi connectivity index (χ1) is 9.68. The third-order valence-corrected chi connectivity index (χ3v) is 2.79. The number of nitrogens with one attached hydrogen (secondary N) is 1. The Morgan fingerprint density at radius 3 is 2.55 bits per heavy atom. The van der Waals surface area contributed by atoms with Crippen molar-refractivity contribution in [1.82, 2.24) is 5.32 Å². The third kappa shape index (κ3) is 8.08. The van der Waals surface area contributed by atoms with Gasteiger partial charge in [-0.2, -0.15) is 0 Å². The molecule has 4 nitrogen and oxygen atoms in total. The number of amides is 1. The smallest absolute Gasteiger partial charge is 0.303 e. The SMILES string of the molecule is O=C(O)CCCCNC(=O)CC/C=C/c1ccccc1. The van der Waals surface area contributed by atoms with E-state index in [1.165, 1.54) is 0 Å². The maximum atomic E-state index is 11.5. The van der Waals surface area contributed by atoms with Gasteiger partial charge in [-0.3, -0.25) is 9.59 Å². The van der Waals surface area contributed by atoms with Gasteiger partial charge in [0.1, 0.15) is 0 Å². The zero-order valence-electron chi connectivity index (χ0n) is 11.5. The van der Waals surface area contributed by atoms with Crippen molar-refractivity contribution in [2.24, 2.45) is 0 Å². The van der Waals surface area contributed by atoms with Crippen molar-refractivity contribution in [2.45, 2.75) is 32.1 Å². The monoisotopic (exact) mass is 275 g/mol. The first-order valence-corrected chi connectivity index (χ1v) is 6.88. The van der Waals surface area contributed by atoms with Gasteiger partial charge in [-0.1, -0.05) is 42.5 Å². The molecule has 0 bridgehead atoms. The summed E-state index contributed by atoms with van der Waals surface area (Å²) in [4.78, 5) is 21.8. The largest absolute Gasteiger partial charge is 0.481 e. The van der Waals surface area contributed by atoms with Gasteiger partial charge in [-0.05, 0) is 24.8 Å². The average molecular weight is 275 g/mol. The second kappa shape index (κ2) is 9.78. The average Bonchev–Trinajstić information content (AvgIpc) is 2.44. The molecule has 108 valence electrons. The third-order valence-electron chi connectivity index (χ3n) is 2.79. The van der Waals surface area contributed by atoms with Gasteiger partial charge in [0.2, 0.25) is 5.91 Å². The maximum Gasteiger partial charge on any atom is 0.303 e. The van der Waals surface area contributed by atoms with Gasteiger partial charge < -0.3 is 10.4 Å². The van der Waals surface area contributed by atoms with E-state index in [-0.39, 0.29) is 12.3 Å². The molecule has 0 fully saturated rings. The van der Waals surface area contributed by atoms with Gasteiger partial charge in [0.15, 0.2) is 0 Å². The number of carboxylic acid groups (broad SMARTS) is 1. The molecule has 4 heteroatoms. The highest BCUT2D eigenvalue weighted by molar-refractivity contribution is 5.76. The number of carboxylic acids is 1. The minimum absolute atomic E-state index is 0.0121. The molecule has 0 aliphatic rings. The molecule has 0 unspecified atom stereocenters. The Hall–Kier alpha value is -2.10. The Kier molecular flexibility index (Phi) is 7.80. The maximum absolute atomic E-state index is 11.5. The Bertz CT molecular complexity index is 440. The zero-order chi connectivity index (χ0) is 14.6. The van der Waals surface area contributed by atoms with Crippen molar-refractivity contribution in [3.63, 3.8) is 0 Å². The second-order valence-corrected chi connectivity index (χ2v) is 4.55. The Morgan fingerprint density at radius 2 is 1.85 bits per heavy atom. The number of allylic oxidation sites excluding steroid dienone is 1. The molecule has 1 amide bonds. The van der Waals surface area contributed by atoms with Crippen LogP contribution in [-0.2, 0) is 9.59 Å². The Balaban J connectivity index is 2.05. The van der Waals surface area contributed by atoms with Gasteiger partial charge in [0, 0.05) is 19.4 Å². The van der Waals surface area contributed by atoms with Crippen LogP contribution >= 0.6 is 0 Å². The van der Waals surface area contributed by atoms with Crippen molar-refractivity contribution < 1.29 is 14.7 Å². The van der Waals surface area contributed by atoms with Gasteiger partial charge >= 0.3 is 5.97 Å². The lowest BCUT2D eigenvalue weighted by Crippen LogP contribution is -2.23. The molecule has 1 aromatic carbocycles. The molecule has 0 saturated carbocycles. The zero-order valence-corrected chi connectivity index (χ0v) is 11.5. The minimum atomic E-state index is -0.789. The van der Waals surface area contributed by atoms with Gasteiger partial charge in [0.25, 0.3) is 0 Å². The summed E-state index contributed by atoms with van der Waals surface area (Å²) in [6.45, 7) is 0.550. The van der Waals surface area contributed by atoms with Crippen molar-refractivity contribution in [3.05, 3.63) is 42.0 Å². The molecule has 0 spiro atoms. The molecule has 0 atom stereocenters. The molecule has 20 heavy (non-hydrogen) atoms. The normalized spacial score (nSPS) is 10.6. The van der Waals surface area contributed by atoms with E-state index in [2.05, 4.69) is 5.32 Å². The number of carbonyl (C=O) groups excluding carboxylic acids is 1. The van der Waals surface area contributed by atoms with Crippen LogP contribution in [0.25, 0.3) is 6.08 Å². The summed E-state index contributed by atoms with van der Waals surface area (Å²) in [6, 6.07) is 9.94. The number of benzene rings is 1. The molecule has 0 saturated heterocycles. The number of rotatable bonds is 9. The highest BCUT2D eigenvalue weighted by atomic mass is 16.4. The molecule has 1 aromatic rings. The molecule has 0 aliphatic heterocycles. The number of carbonyl (C=O) groups is 2. The fourth-order valence-electron chi connectivity index (χ4n) is 1.72. The number of unbranched alkanes of at least 4 members (excludes halogenated alkanes) is 1. The Labute approximate surface area is 119 Å². The predicted molar refractivity (Wildman–Crippen MR) is 79.2 cm³/mol. The van der Waals surface area contributed by atoms with E-state index in [4.69, 9.17) is 5.11 Å². The van der Waals surface area contributed by atoms with E-state index in [0.717, 1.165) is 5.56 Å². The molecular weight excluding hydrogens is 254 g/mol. The lowest BCUT2D eigenvalue weighted by atomic mass is 10.2. The second-order valence-electron chi connectivity index (χ2n) is 4.55. The topological polar surface area (TPSA) is 66.4 Å². The predicted octanol–water partition coefficient (Wildman–Crippen LogP) is 2.85.